The molecular formula is C69H81N9O15. The Morgan fingerprint density at radius 1 is 0.516 bits per heavy atom. The molecule has 10 aromatic rings. The predicted molar refractivity (Wildman–Crippen MR) is 349 cm³/mol. The highest BCUT2D eigenvalue weighted by atomic mass is 16.6. The highest BCUT2D eigenvalue weighted by molar-refractivity contribution is 6.07. The van der Waals surface area contributed by atoms with E-state index >= 15 is 0 Å². The summed E-state index contributed by atoms with van der Waals surface area (Å²) in [5, 5.41) is 5.53. The van der Waals surface area contributed by atoms with Gasteiger partial charge in [-0.1, -0.05) is 17.3 Å². The van der Waals surface area contributed by atoms with Gasteiger partial charge in [0.2, 0.25) is 0 Å². The number of benzene rings is 2. The molecule has 0 aliphatic heterocycles. The number of ketones is 2. The minimum absolute atomic E-state index is 0.106. The number of Topliss-reactive ketones (excluding diaryl/α,β-unsaturated/α-hetero) is 2. The first-order valence-corrected chi connectivity index (χ1v) is 31.4. The Morgan fingerprint density at radius 3 is 1.28 bits per heavy atom. The van der Waals surface area contributed by atoms with Gasteiger partial charge in [-0.05, 0) is 108 Å². The van der Waals surface area contributed by atoms with Crippen LogP contribution in [0.1, 0.15) is 85.8 Å². The minimum atomic E-state index is -0.462. The number of imidazole rings is 2. The van der Waals surface area contributed by atoms with Crippen molar-refractivity contribution in [1.29, 1.82) is 0 Å². The minimum Gasteiger partial charge on any atom is -0.496 e. The molecule has 0 amide bonds. The number of rotatable bonds is 38. The maximum absolute atomic E-state index is 14.4. The second kappa shape index (κ2) is 32.2. The van der Waals surface area contributed by atoms with Crippen molar-refractivity contribution >= 4 is 55.4 Å². The average Bonchev–Trinajstić information content (AvgIpc) is 1.62. The number of hydrogen-bond acceptors (Lipinski definition) is 20. The highest BCUT2D eigenvalue weighted by Gasteiger charge is 2.28. The molecule has 0 saturated carbocycles. The monoisotopic (exact) mass is 1280 g/mol. The van der Waals surface area contributed by atoms with E-state index in [0.717, 1.165) is 33.6 Å². The molecule has 0 aliphatic rings. The number of ether oxygens (including phenoxy) is 9. The van der Waals surface area contributed by atoms with Crippen LogP contribution in [0.3, 0.4) is 0 Å². The smallest absolute Gasteiger partial charge is 0.330 e. The van der Waals surface area contributed by atoms with Gasteiger partial charge < -0.3 is 51.6 Å². The van der Waals surface area contributed by atoms with Crippen molar-refractivity contribution in [3.63, 3.8) is 0 Å². The molecule has 0 spiro atoms. The average molecular weight is 1280 g/mol. The normalized spacial score (nSPS) is 12.5. The predicted octanol–water partition coefficient (Wildman–Crippen LogP) is 9.71. The van der Waals surface area contributed by atoms with Crippen molar-refractivity contribution in [2.45, 2.75) is 92.4 Å². The lowest BCUT2D eigenvalue weighted by Crippen LogP contribution is -2.29. The van der Waals surface area contributed by atoms with E-state index in [-0.39, 0.29) is 48.9 Å². The topological polar surface area (TPSA) is 262 Å². The van der Waals surface area contributed by atoms with Crippen LogP contribution in [0.4, 0.5) is 0 Å². The fourth-order valence-corrected chi connectivity index (χ4v) is 11.7. The molecule has 24 heteroatoms. The van der Waals surface area contributed by atoms with Gasteiger partial charge in [-0.25, -0.2) is 9.59 Å². The zero-order valence-electron chi connectivity index (χ0n) is 54.1. The molecule has 8 heterocycles. The van der Waals surface area contributed by atoms with Gasteiger partial charge in [-0.3, -0.25) is 47.8 Å². The number of pyridine rings is 4. The van der Waals surface area contributed by atoms with E-state index in [1.54, 1.807) is 54.4 Å². The van der Waals surface area contributed by atoms with E-state index < -0.39 is 12.1 Å². The molecule has 0 bridgehead atoms. The Balaban J connectivity index is 0.559. The molecule has 10 rings (SSSR count). The van der Waals surface area contributed by atoms with Crippen LogP contribution in [-0.4, -0.2) is 162 Å². The van der Waals surface area contributed by atoms with Crippen LogP contribution in [0, 0.1) is 27.7 Å². The van der Waals surface area contributed by atoms with Gasteiger partial charge in [0.25, 0.3) is 0 Å². The van der Waals surface area contributed by atoms with E-state index in [4.69, 9.17) is 61.5 Å². The summed E-state index contributed by atoms with van der Waals surface area (Å²) in [6, 6.07) is 17.9. The highest BCUT2D eigenvalue weighted by Crippen LogP contribution is 2.42. The summed E-state index contributed by atoms with van der Waals surface area (Å²) >= 11 is 0. The Morgan fingerprint density at radius 2 is 0.925 bits per heavy atom. The number of aromatic nitrogens is 9. The molecule has 0 saturated heterocycles. The molecule has 2 atom stereocenters. The van der Waals surface area contributed by atoms with Gasteiger partial charge in [0.1, 0.15) is 23.0 Å². The van der Waals surface area contributed by atoms with Gasteiger partial charge in [0, 0.05) is 65.9 Å². The number of methoxy groups -OCH3 is 2. The maximum atomic E-state index is 14.4. The lowest BCUT2D eigenvalue weighted by atomic mass is 9.99. The Kier molecular flexibility index (Phi) is 23.2. The van der Waals surface area contributed by atoms with Gasteiger partial charge in [-0.2, -0.15) is 0 Å². The second-order valence-electron chi connectivity index (χ2n) is 22.6. The Hall–Kier alpha value is -8.75. The molecule has 2 aromatic carbocycles. The van der Waals surface area contributed by atoms with Crippen molar-refractivity contribution in [2.24, 2.45) is 0 Å². The molecule has 492 valence electrons. The van der Waals surface area contributed by atoms with Crippen LogP contribution >= 0.6 is 0 Å². The molecule has 93 heavy (non-hydrogen) atoms. The lowest BCUT2D eigenvalue weighted by molar-refractivity contribution is -0.120. The third kappa shape index (κ3) is 15.7. The van der Waals surface area contributed by atoms with Crippen molar-refractivity contribution in [3.8, 4) is 33.8 Å². The lowest BCUT2D eigenvalue weighted by Gasteiger charge is -2.15. The number of aryl methyl sites for hydroxylation is 4. The SMILES string of the molecule is COc1cc2c(cc1-c1c(C)coc1C)ncc1c2n(C(C)c2ccccn2)c(=O)n1CC(=O)CCCOCCOCCOCCOCCOCCOCCOCCCC(=O)Cn1c(=O)n(C(C)c2ccccn2)c2c3cc(OC)c(-c4c(C)noc4C)cc3ncc21. The summed E-state index contributed by atoms with van der Waals surface area (Å²) in [5.74, 6) is 2.35. The quantitative estimate of drug-likeness (QED) is 0.0326. The molecule has 0 aliphatic carbocycles. The van der Waals surface area contributed by atoms with Crippen LogP contribution in [0.2, 0.25) is 0 Å². The zero-order valence-corrected chi connectivity index (χ0v) is 54.1. The second-order valence-corrected chi connectivity index (χ2v) is 22.6. The molecule has 24 nitrogen and oxygen atoms in total. The van der Waals surface area contributed by atoms with Crippen LogP contribution in [0.15, 0.2) is 110 Å². The number of hydrogen-bond donors (Lipinski definition) is 0. The Bertz CT molecular complexity index is 3970. The van der Waals surface area contributed by atoms with E-state index in [1.807, 2.05) is 102 Å². The van der Waals surface area contributed by atoms with Gasteiger partial charge >= 0.3 is 11.4 Å². The van der Waals surface area contributed by atoms with Crippen molar-refractivity contribution in [2.75, 3.05) is 107 Å². The summed E-state index contributed by atoms with van der Waals surface area (Å²) in [4.78, 5) is 74.4. The molecule has 8 aromatic heterocycles. The number of fused-ring (bicyclic) bond motifs is 6. The zero-order chi connectivity index (χ0) is 65.4. The van der Waals surface area contributed by atoms with Crippen LogP contribution in [0.25, 0.3) is 66.1 Å². The third-order valence-electron chi connectivity index (χ3n) is 16.3. The van der Waals surface area contributed by atoms with Gasteiger partial charge in [0.15, 0.2) is 11.6 Å². The summed E-state index contributed by atoms with van der Waals surface area (Å²) in [6.45, 7) is 16.6. The van der Waals surface area contributed by atoms with Crippen LogP contribution < -0.4 is 20.9 Å². The fourth-order valence-electron chi connectivity index (χ4n) is 11.7. The number of carbonyl (C=O) groups is 2. The van der Waals surface area contributed by atoms with E-state index in [2.05, 4.69) is 15.1 Å². The van der Waals surface area contributed by atoms with Crippen LogP contribution in [0.5, 0.6) is 11.5 Å². The summed E-state index contributed by atoms with van der Waals surface area (Å²) < 4.78 is 69.0. The Labute approximate surface area is 537 Å². The number of nitrogens with zero attached hydrogens (tertiary/aromatic N) is 9. The van der Waals surface area contributed by atoms with Crippen molar-refractivity contribution < 1.29 is 61.2 Å². The van der Waals surface area contributed by atoms with Gasteiger partial charge in [0.05, 0.1) is 193 Å². The van der Waals surface area contributed by atoms with Crippen LogP contribution in [-0.2, 0) is 55.8 Å². The molecule has 0 radical (unpaired) electrons. The number of furan rings is 1. The third-order valence-corrected chi connectivity index (χ3v) is 16.3. The summed E-state index contributed by atoms with van der Waals surface area (Å²) in [5.41, 5.74) is 9.37. The molecular weight excluding hydrogens is 1190 g/mol. The van der Waals surface area contributed by atoms with Crippen molar-refractivity contribution in [3.05, 3.63) is 147 Å². The number of carbonyl (C=O) groups excluding carboxylic acids is 2. The van der Waals surface area contributed by atoms with Gasteiger partial charge in [-0.15, -0.1) is 0 Å². The fraction of sp³-hybridized carbons (Fsp3) is 0.435. The van der Waals surface area contributed by atoms with E-state index in [0.29, 0.717) is 184 Å². The first-order chi connectivity index (χ1) is 45.3. The maximum Gasteiger partial charge on any atom is 0.330 e. The molecule has 0 N–H and O–H groups in total. The largest absolute Gasteiger partial charge is 0.496 e. The summed E-state index contributed by atoms with van der Waals surface area (Å²) in [6.07, 6.45) is 9.83. The first-order valence-electron chi connectivity index (χ1n) is 31.4. The van der Waals surface area contributed by atoms with Crippen molar-refractivity contribution in [1.82, 2.24) is 43.4 Å². The van der Waals surface area contributed by atoms with E-state index in [9.17, 15) is 19.2 Å². The van der Waals surface area contributed by atoms with E-state index in [1.165, 1.54) is 9.13 Å². The summed E-state index contributed by atoms with van der Waals surface area (Å²) in [7, 11) is 3.20. The first kappa shape index (κ1) is 67.1. The molecule has 2 unspecified atom stereocenters. The standard InChI is InChI=1S/C69H81N9O15/c1-44-43-92-48(5)64(44)54-35-58-52(37-62(54)83-7)66-60(39-72-58)75(68(81)77(66)46(3)56-17-9-11-19-70-56)41-50(79)15-13-21-85-23-25-87-27-29-89-31-33-91-34-32-90-30-28-88-26-24-86-22-14-16-51(80)42-76-61-40-73-59-36-55(65-45(2)74-93-49(65)6)63(84-8)38-53(59)67(61)78(69(76)82)47(4)57-18-10-12-20-71-57/h9-12,17-20,35-40,43,46-47H,13-16,21-34,41-42H2,1-8H3. The molecule has 0 fully saturated rings.